The van der Waals surface area contributed by atoms with Crippen LogP contribution in [0.2, 0.25) is 0 Å². The van der Waals surface area contributed by atoms with Crippen LogP contribution in [0.5, 0.6) is 0 Å². The molecule has 6 rings (SSSR count). The molecule has 0 N–H and O–H groups in total. The molecule has 3 nitrogen and oxygen atoms in total. The van der Waals surface area contributed by atoms with Gasteiger partial charge in [-0.25, -0.2) is 0 Å². The first-order chi connectivity index (χ1) is 12.7. The summed E-state index contributed by atoms with van der Waals surface area (Å²) in [5, 5.41) is 0. The van der Waals surface area contributed by atoms with Crippen LogP contribution >= 0.6 is 0 Å². The zero-order valence-corrected chi connectivity index (χ0v) is 15.9. The van der Waals surface area contributed by atoms with E-state index in [1.54, 1.807) is 0 Å². The van der Waals surface area contributed by atoms with Gasteiger partial charge in [0.25, 0.3) is 0 Å². The Morgan fingerprint density at radius 2 is 1.92 bits per heavy atom. The smallest absolute Gasteiger partial charge is 0.311 e. The largest absolute Gasteiger partial charge is 0.438 e. The van der Waals surface area contributed by atoms with E-state index in [4.69, 9.17) is 9.47 Å². The molecule has 0 spiro atoms. The highest BCUT2D eigenvalue weighted by Gasteiger charge is 2.62. The van der Waals surface area contributed by atoms with Crippen molar-refractivity contribution in [3.8, 4) is 0 Å². The fourth-order valence-corrected chi connectivity index (χ4v) is 8.70. The van der Waals surface area contributed by atoms with E-state index >= 15 is 0 Å². The third-order valence-corrected chi connectivity index (χ3v) is 9.64. The van der Waals surface area contributed by atoms with Crippen molar-refractivity contribution in [1.29, 1.82) is 0 Å². The van der Waals surface area contributed by atoms with E-state index < -0.39 is 0 Å². The monoisotopic (exact) mass is 356 g/mol. The molecule has 26 heavy (non-hydrogen) atoms. The number of hydrogen-bond donors (Lipinski definition) is 0. The first kappa shape index (κ1) is 16.2. The fraction of sp³-hybridized carbons (Fsp3) is 0.870. The lowest BCUT2D eigenvalue weighted by atomic mass is 9.69. The first-order valence-electron chi connectivity index (χ1n) is 11.2. The Balaban J connectivity index is 1.08. The molecule has 142 valence electrons. The number of ether oxygens (including phenoxy) is 2. The normalized spacial score (nSPS) is 55.0. The summed E-state index contributed by atoms with van der Waals surface area (Å²) >= 11 is 0. The van der Waals surface area contributed by atoms with Crippen LogP contribution in [0.1, 0.15) is 58.3 Å². The molecule has 0 aromatic rings. The van der Waals surface area contributed by atoms with Gasteiger partial charge in [-0.15, -0.1) is 0 Å². The Bertz CT molecular complexity index is 641. The second-order valence-corrected chi connectivity index (χ2v) is 10.3. The summed E-state index contributed by atoms with van der Waals surface area (Å²) in [5.41, 5.74) is -0.00162. The van der Waals surface area contributed by atoms with Gasteiger partial charge in [-0.3, -0.25) is 4.79 Å². The van der Waals surface area contributed by atoms with Gasteiger partial charge >= 0.3 is 5.97 Å². The Labute approximate surface area is 156 Å². The van der Waals surface area contributed by atoms with Crippen LogP contribution in [-0.2, 0) is 14.3 Å². The van der Waals surface area contributed by atoms with Crippen LogP contribution in [-0.4, -0.2) is 18.4 Å². The van der Waals surface area contributed by atoms with Crippen LogP contribution in [0.25, 0.3) is 0 Å². The Morgan fingerprint density at radius 3 is 2.65 bits per heavy atom. The van der Waals surface area contributed by atoms with Crippen molar-refractivity contribution >= 4 is 5.97 Å². The Kier molecular flexibility index (Phi) is 3.47. The van der Waals surface area contributed by atoms with E-state index in [0.29, 0.717) is 11.8 Å². The predicted octanol–water partition coefficient (Wildman–Crippen LogP) is 4.57. The van der Waals surface area contributed by atoms with Gasteiger partial charge in [0, 0.05) is 0 Å². The van der Waals surface area contributed by atoms with Crippen LogP contribution < -0.4 is 0 Å². The molecule has 0 aromatic carbocycles. The van der Waals surface area contributed by atoms with Gasteiger partial charge in [-0.05, 0) is 98.7 Å². The second-order valence-electron chi connectivity index (χ2n) is 10.3. The van der Waals surface area contributed by atoms with Crippen molar-refractivity contribution in [3.63, 3.8) is 0 Å². The highest BCUT2D eigenvalue weighted by Crippen LogP contribution is 2.67. The van der Waals surface area contributed by atoms with E-state index in [2.05, 4.69) is 19.1 Å². The molecule has 10 unspecified atom stereocenters. The molecule has 0 amide bonds. The molecule has 0 saturated heterocycles. The van der Waals surface area contributed by atoms with Gasteiger partial charge in [0.2, 0.25) is 0 Å². The van der Waals surface area contributed by atoms with Crippen molar-refractivity contribution in [3.05, 3.63) is 12.2 Å². The van der Waals surface area contributed by atoms with E-state index in [-0.39, 0.29) is 24.3 Å². The molecule has 5 saturated carbocycles. The molecule has 0 aromatic heterocycles. The lowest BCUT2D eigenvalue weighted by Gasteiger charge is -2.37. The minimum absolute atomic E-state index is 0.00162. The minimum atomic E-state index is -0.00162. The lowest BCUT2D eigenvalue weighted by molar-refractivity contribution is -0.188. The molecule has 6 aliphatic carbocycles. The molecule has 0 radical (unpaired) electrons. The quantitative estimate of drug-likeness (QED) is 0.313. The summed E-state index contributed by atoms with van der Waals surface area (Å²) in [6.07, 6.45) is 14.8. The summed E-state index contributed by atoms with van der Waals surface area (Å²) in [5.74, 6) is 6.32. The molecular formula is C23H32O3. The first-order valence-corrected chi connectivity index (χ1v) is 11.2. The Morgan fingerprint density at radius 1 is 1.08 bits per heavy atom. The van der Waals surface area contributed by atoms with Gasteiger partial charge in [-0.1, -0.05) is 19.1 Å². The molecule has 0 aliphatic heterocycles. The number of hydrogen-bond acceptors (Lipinski definition) is 3. The van der Waals surface area contributed by atoms with Gasteiger partial charge in [0.1, 0.15) is 0 Å². The van der Waals surface area contributed by atoms with Crippen molar-refractivity contribution in [2.24, 2.45) is 53.3 Å². The van der Waals surface area contributed by atoms with E-state index in [9.17, 15) is 4.79 Å². The maximum Gasteiger partial charge on any atom is 0.311 e. The summed E-state index contributed by atoms with van der Waals surface area (Å²) in [6.45, 7) is 2.42. The van der Waals surface area contributed by atoms with Gasteiger partial charge in [0.05, 0.1) is 11.5 Å². The van der Waals surface area contributed by atoms with Crippen molar-refractivity contribution in [2.75, 3.05) is 6.79 Å². The maximum atomic E-state index is 12.8. The summed E-state index contributed by atoms with van der Waals surface area (Å²) in [7, 11) is 0. The third kappa shape index (κ3) is 2.07. The van der Waals surface area contributed by atoms with E-state index in [0.717, 1.165) is 48.3 Å². The predicted molar refractivity (Wildman–Crippen MR) is 97.9 cm³/mol. The highest BCUT2D eigenvalue weighted by molar-refractivity contribution is 5.73. The van der Waals surface area contributed by atoms with E-state index in [1.165, 1.54) is 38.5 Å². The minimum Gasteiger partial charge on any atom is -0.438 e. The van der Waals surface area contributed by atoms with Crippen LogP contribution in [0.3, 0.4) is 0 Å². The number of rotatable bonds is 5. The number of carbonyl (C=O) groups excluding carboxylic acids is 1. The van der Waals surface area contributed by atoms with Crippen molar-refractivity contribution in [1.82, 2.24) is 0 Å². The fourth-order valence-electron chi connectivity index (χ4n) is 8.70. The summed E-state index contributed by atoms with van der Waals surface area (Å²) in [6, 6.07) is 0. The van der Waals surface area contributed by atoms with Crippen LogP contribution in [0.4, 0.5) is 0 Å². The molecule has 6 aliphatic rings. The molecule has 10 atom stereocenters. The van der Waals surface area contributed by atoms with Crippen molar-refractivity contribution < 1.29 is 14.3 Å². The number of fused-ring (bicyclic) bond motifs is 11. The second kappa shape index (κ2) is 5.59. The van der Waals surface area contributed by atoms with Gasteiger partial charge in [-0.2, -0.15) is 0 Å². The van der Waals surface area contributed by atoms with E-state index in [1.807, 2.05) is 0 Å². The SMILES string of the molecule is CCC1(OCOC(=O)C2CC3CC2C2C4C=CC(C4)C32)CC2CCC1C2. The Hall–Kier alpha value is -0.830. The summed E-state index contributed by atoms with van der Waals surface area (Å²) < 4.78 is 12.0. The van der Waals surface area contributed by atoms with Gasteiger partial charge < -0.3 is 9.47 Å². The lowest BCUT2D eigenvalue weighted by Crippen LogP contribution is -2.40. The van der Waals surface area contributed by atoms with Gasteiger partial charge in [0.15, 0.2) is 6.79 Å². The summed E-state index contributed by atoms with van der Waals surface area (Å²) in [4.78, 5) is 12.8. The molecule has 0 heterocycles. The number of esters is 1. The molecular weight excluding hydrogens is 324 g/mol. The van der Waals surface area contributed by atoms with Crippen molar-refractivity contribution in [2.45, 2.75) is 63.9 Å². The van der Waals surface area contributed by atoms with Crippen LogP contribution in [0.15, 0.2) is 12.2 Å². The topological polar surface area (TPSA) is 35.5 Å². The zero-order valence-electron chi connectivity index (χ0n) is 15.9. The zero-order chi connectivity index (χ0) is 17.5. The average Bonchev–Trinajstić information content (AvgIpc) is 3.47. The number of carbonyl (C=O) groups is 1. The molecule has 6 bridgehead atoms. The highest BCUT2D eigenvalue weighted by atomic mass is 16.7. The average molecular weight is 357 g/mol. The standard InChI is InChI=1S/C23H32O3/c1-2-23(11-13-3-6-17(23)7-13)26-12-25-22(24)19-10-16-9-18(19)21-15-5-4-14(8-15)20(16)21/h4-5,13-21H,2-3,6-12H2,1H3. The molecule has 3 heteroatoms. The third-order valence-electron chi connectivity index (χ3n) is 9.64. The molecule has 5 fully saturated rings. The number of allylic oxidation sites excluding steroid dienone is 2. The maximum absolute atomic E-state index is 12.8. The van der Waals surface area contributed by atoms with Crippen LogP contribution in [0, 0.1) is 53.3 Å².